The van der Waals surface area contributed by atoms with Crippen LogP contribution in [0.4, 0.5) is 5.82 Å². The molecule has 0 radical (unpaired) electrons. The van der Waals surface area contributed by atoms with Crippen LogP contribution in [-0.4, -0.2) is 28.1 Å². The van der Waals surface area contributed by atoms with Gasteiger partial charge in [0.05, 0.1) is 0 Å². The van der Waals surface area contributed by atoms with Gasteiger partial charge < -0.3 is 5.32 Å². The molecule has 0 fully saturated rings. The second kappa shape index (κ2) is 6.90. The van der Waals surface area contributed by atoms with Crippen molar-refractivity contribution in [1.29, 1.82) is 0 Å². The molecule has 1 unspecified atom stereocenters. The number of hydrogen-bond donors (Lipinski definition) is 1. The van der Waals surface area contributed by atoms with Crippen molar-refractivity contribution in [3.05, 3.63) is 12.4 Å². The van der Waals surface area contributed by atoms with E-state index in [2.05, 4.69) is 15.3 Å². The van der Waals surface area contributed by atoms with Gasteiger partial charge in [-0.25, -0.2) is 9.97 Å². The number of thioether (sulfide) groups is 1. The molecule has 0 amide bonds. The van der Waals surface area contributed by atoms with E-state index in [0.29, 0.717) is 0 Å². The van der Waals surface area contributed by atoms with E-state index in [4.69, 9.17) is 11.6 Å². The van der Waals surface area contributed by atoms with Crippen LogP contribution in [0.5, 0.6) is 0 Å². The predicted octanol–water partition coefficient (Wildman–Crippen LogP) is 3.02. The fourth-order valence-electron chi connectivity index (χ4n) is 1.15. The molecule has 0 aliphatic heterocycles. The van der Waals surface area contributed by atoms with E-state index in [-0.39, 0.29) is 5.38 Å². The third-order valence-corrected chi connectivity index (χ3v) is 2.80. The first-order chi connectivity index (χ1) is 7.22. The Morgan fingerprint density at radius 1 is 1.53 bits per heavy atom. The van der Waals surface area contributed by atoms with Gasteiger partial charge >= 0.3 is 0 Å². The Labute approximate surface area is 100 Å². The Balaban J connectivity index is 2.30. The second-order valence-corrected chi connectivity index (χ2v) is 4.87. The Morgan fingerprint density at radius 2 is 2.33 bits per heavy atom. The SMILES string of the molecule is CSc1cc(NCCCC(C)Cl)ncn1. The Kier molecular flexibility index (Phi) is 5.79. The van der Waals surface area contributed by atoms with Crippen molar-refractivity contribution in [2.45, 2.75) is 30.2 Å². The van der Waals surface area contributed by atoms with Gasteiger partial charge in [-0.3, -0.25) is 0 Å². The Morgan fingerprint density at radius 3 is 3.00 bits per heavy atom. The molecule has 0 saturated carbocycles. The van der Waals surface area contributed by atoms with Crippen LogP contribution in [0.25, 0.3) is 0 Å². The highest BCUT2D eigenvalue weighted by Gasteiger charge is 1.98. The maximum Gasteiger partial charge on any atom is 0.130 e. The van der Waals surface area contributed by atoms with Crippen LogP contribution in [0.3, 0.4) is 0 Å². The summed E-state index contributed by atoms with van der Waals surface area (Å²) in [4.78, 5) is 8.24. The van der Waals surface area contributed by atoms with Crippen LogP contribution in [0.2, 0.25) is 0 Å². The van der Waals surface area contributed by atoms with Crippen LogP contribution in [0.15, 0.2) is 17.4 Å². The third kappa shape index (κ3) is 5.23. The lowest BCUT2D eigenvalue weighted by Crippen LogP contribution is -2.05. The number of nitrogens with zero attached hydrogens (tertiary/aromatic N) is 2. The second-order valence-electron chi connectivity index (χ2n) is 3.30. The average Bonchev–Trinajstić information content (AvgIpc) is 2.24. The standard InChI is InChI=1S/C10H16ClN3S/c1-8(11)4-3-5-12-9-6-10(15-2)14-7-13-9/h6-8H,3-5H2,1-2H3,(H,12,13,14). The third-order valence-electron chi connectivity index (χ3n) is 1.94. The van der Waals surface area contributed by atoms with Crippen molar-refractivity contribution < 1.29 is 0 Å². The summed E-state index contributed by atoms with van der Waals surface area (Å²) >= 11 is 7.47. The Bertz CT molecular complexity index is 294. The molecular weight excluding hydrogens is 230 g/mol. The molecule has 15 heavy (non-hydrogen) atoms. The molecular formula is C10H16ClN3S. The lowest BCUT2D eigenvalue weighted by Gasteiger charge is -2.06. The number of anilines is 1. The van der Waals surface area contributed by atoms with Crippen molar-refractivity contribution in [2.75, 3.05) is 18.1 Å². The van der Waals surface area contributed by atoms with Crippen molar-refractivity contribution in [3.63, 3.8) is 0 Å². The summed E-state index contributed by atoms with van der Waals surface area (Å²) in [5.74, 6) is 0.886. The maximum absolute atomic E-state index is 5.85. The lowest BCUT2D eigenvalue weighted by atomic mass is 10.2. The van der Waals surface area contributed by atoms with Gasteiger partial charge in [0.2, 0.25) is 0 Å². The minimum Gasteiger partial charge on any atom is -0.370 e. The topological polar surface area (TPSA) is 37.8 Å². The summed E-state index contributed by atoms with van der Waals surface area (Å²) in [6, 6.07) is 1.95. The summed E-state index contributed by atoms with van der Waals surface area (Å²) in [6.07, 6.45) is 5.66. The molecule has 1 N–H and O–H groups in total. The molecule has 0 bridgehead atoms. The summed E-state index contributed by atoms with van der Waals surface area (Å²) in [7, 11) is 0. The van der Waals surface area contributed by atoms with Gasteiger partial charge in [-0.05, 0) is 26.0 Å². The van der Waals surface area contributed by atoms with Crippen LogP contribution in [-0.2, 0) is 0 Å². The first-order valence-electron chi connectivity index (χ1n) is 4.96. The minimum absolute atomic E-state index is 0.249. The lowest BCUT2D eigenvalue weighted by molar-refractivity contribution is 0.748. The van der Waals surface area contributed by atoms with Crippen molar-refractivity contribution in [1.82, 2.24) is 9.97 Å². The fraction of sp³-hybridized carbons (Fsp3) is 0.600. The molecule has 1 aromatic rings. The molecule has 3 nitrogen and oxygen atoms in total. The highest BCUT2D eigenvalue weighted by atomic mass is 35.5. The number of hydrogen-bond acceptors (Lipinski definition) is 4. The van der Waals surface area contributed by atoms with E-state index in [1.807, 2.05) is 19.2 Å². The normalized spacial score (nSPS) is 12.5. The first kappa shape index (κ1) is 12.6. The molecule has 5 heteroatoms. The average molecular weight is 246 g/mol. The van der Waals surface area contributed by atoms with E-state index in [1.54, 1.807) is 18.1 Å². The first-order valence-corrected chi connectivity index (χ1v) is 6.62. The van der Waals surface area contributed by atoms with Crippen molar-refractivity contribution >= 4 is 29.2 Å². The van der Waals surface area contributed by atoms with E-state index in [1.165, 1.54) is 0 Å². The molecule has 1 atom stereocenters. The van der Waals surface area contributed by atoms with Gasteiger partial charge in [0, 0.05) is 18.0 Å². The van der Waals surface area contributed by atoms with Crippen LogP contribution in [0.1, 0.15) is 19.8 Å². The molecule has 0 aromatic carbocycles. The zero-order valence-electron chi connectivity index (χ0n) is 9.03. The molecule has 0 spiro atoms. The summed E-state index contributed by atoms with van der Waals surface area (Å²) < 4.78 is 0. The monoisotopic (exact) mass is 245 g/mol. The summed E-state index contributed by atoms with van der Waals surface area (Å²) in [6.45, 7) is 2.92. The predicted molar refractivity (Wildman–Crippen MR) is 66.9 cm³/mol. The molecule has 0 aliphatic rings. The van der Waals surface area contributed by atoms with Gasteiger partial charge in [-0.1, -0.05) is 0 Å². The van der Waals surface area contributed by atoms with E-state index >= 15 is 0 Å². The van der Waals surface area contributed by atoms with Gasteiger partial charge in [0.25, 0.3) is 0 Å². The zero-order chi connectivity index (χ0) is 11.1. The zero-order valence-corrected chi connectivity index (χ0v) is 10.6. The van der Waals surface area contributed by atoms with Crippen molar-refractivity contribution in [3.8, 4) is 0 Å². The van der Waals surface area contributed by atoms with Gasteiger partial charge in [-0.2, -0.15) is 0 Å². The number of nitrogens with one attached hydrogen (secondary N) is 1. The number of aromatic nitrogens is 2. The van der Waals surface area contributed by atoms with Gasteiger partial charge in [0.15, 0.2) is 0 Å². The molecule has 0 aliphatic carbocycles. The van der Waals surface area contributed by atoms with Crippen molar-refractivity contribution in [2.24, 2.45) is 0 Å². The van der Waals surface area contributed by atoms with E-state index < -0.39 is 0 Å². The summed E-state index contributed by atoms with van der Waals surface area (Å²) in [5.41, 5.74) is 0. The largest absolute Gasteiger partial charge is 0.370 e. The molecule has 1 rings (SSSR count). The number of rotatable bonds is 6. The van der Waals surface area contributed by atoms with Gasteiger partial charge in [-0.15, -0.1) is 23.4 Å². The van der Waals surface area contributed by atoms with Crippen LogP contribution < -0.4 is 5.32 Å². The summed E-state index contributed by atoms with van der Waals surface area (Å²) in [5, 5.41) is 4.49. The molecule has 0 saturated heterocycles. The smallest absolute Gasteiger partial charge is 0.130 e. The highest BCUT2D eigenvalue weighted by Crippen LogP contribution is 2.13. The Hall–Kier alpha value is -0.480. The minimum atomic E-state index is 0.249. The molecule has 84 valence electrons. The van der Waals surface area contributed by atoms with E-state index in [0.717, 1.165) is 30.2 Å². The fourth-order valence-corrected chi connectivity index (χ4v) is 1.68. The number of halogens is 1. The van der Waals surface area contributed by atoms with Crippen LogP contribution >= 0.6 is 23.4 Å². The van der Waals surface area contributed by atoms with Crippen LogP contribution in [0, 0.1) is 0 Å². The van der Waals surface area contributed by atoms with Gasteiger partial charge in [0.1, 0.15) is 17.2 Å². The highest BCUT2D eigenvalue weighted by molar-refractivity contribution is 7.98. The maximum atomic E-state index is 5.85. The molecule has 1 heterocycles. The number of alkyl halides is 1. The molecule has 1 aromatic heterocycles. The van der Waals surface area contributed by atoms with E-state index in [9.17, 15) is 0 Å². The quantitative estimate of drug-likeness (QED) is 0.362.